The van der Waals surface area contributed by atoms with Crippen molar-refractivity contribution in [3.05, 3.63) is 45.2 Å². The molecule has 0 aliphatic rings. The molecule has 13 heteroatoms. The summed E-state index contributed by atoms with van der Waals surface area (Å²) in [5, 5.41) is 19.2. The predicted octanol–water partition coefficient (Wildman–Crippen LogP) is 4.53. The molecule has 3 aromatic heterocycles. The quantitative estimate of drug-likeness (QED) is 0.312. The van der Waals surface area contributed by atoms with Crippen LogP contribution in [-0.4, -0.2) is 46.8 Å². The molecule has 8 nitrogen and oxygen atoms in total. The molecule has 0 amide bonds. The number of hydrogen-bond donors (Lipinski definition) is 1. The van der Waals surface area contributed by atoms with Crippen molar-refractivity contribution in [1.29, 1.82) is 0 Å². The zero-order chi connectivity index (χ0) is 20.5. The fraction of sp³-hybridized carbons (Fsp3) is 0.125. The molecule has 0 spiro atoms. The summed E-state index contributed by atoms with van der Waals surface area (Å²) in [7, 11) is 0. The third-order valence-corrected chi connectivity index (χ3v) is 6.63. The standard InChI is InChI=1S/C16H9Cl3N6O2S2/c17-8-1-7(2-9(18)13(8)19)4-25-5-10(23-24-25)15-22-14-16(29-15)21-11(3-20-14)28-6-12(26)27/h1-3,5H,4,6H2,(H,26,27). The van der Waals surface area contributed by atoms with Crippen molar-refractivity contribution < 1.29 is 9.90 Å². The number of hydrogen-bond acceptors (Lipinski definition) is 8. The van der Waals surface area contributed by atoms with Crippen molar-refractivity contribution in [2.45, 2.75) is 11.6 Å². The molecule has 0 fully saturated rings. The minimum absolute atomic E-state index is 0.0844. The Balaban J connectivity index is 1.56. The molecule has 0 saturated carbocycles. The van der Waals surface area contributed by atoms with E-state index in [1.807, 2.05) is 0 Å². The van der Waals surface area contributed by atoms with Gasteiger partial charge in [-0.2, -0.15) is 0 Å². The van der Waals surface area contributed by atoms with Gasteiger partial charge in [0.1, 0.15) is 15.7 Å². The van der Waals surface area contributed by atoms with Crippen LogP contribution >= 0.6 is 57.9 Å². The van der Waals surface area contributed by atoms with Crippen LogP contribution in [0.2, 0.25) is 15.1 Å². The first-order valence-electron chi connectivity index (χ1n) is 7.91. The van der Waals surface area contributed by atoms with Gasteiger partial charge in [0, 0.05) is 0 Å². The van der Waals surface area contributed by atoms with Crippen LogP contribution < -0.4 is 0 Å². The summed E-state index contributed by atoms with van der Waals surface area (Å²) in [6.07, 6.45) is 3.25. The summed E-state index contributed by atoms with van der Waals surface area (Å²) in [5.74, 6) is -0.999. The van der Waals surface area contributed by atoms with Crippen molar-refractivity contribution in [3.8, 4) is 10.7 Å². The zero-order valence-electron chi connectivity index (χ0n) is 14.2. The number of rotatable bonds is 6. The minimum Gasteiger partial charge on any atom is -0.481 e. The molecule has 0 aliphatic carbocycles. The Morgan fingerprint density at radius 3 is 2.69 bits per heavy atom. The van der Waals surface area contributed by atoms with E-state index in [-0.39, 0.29) is 5.75 Å². The molecule has 0 aliphatic heterocycles. The fourth-order valence-electron chi connectivity index (χ4n) is 2.38. The Kier molecular flexibility index (Phi) is 5.88. The lowest BCUT2D eigenvalue weighted by atomic mass is 10.2. The molecular formula is C16H9Cl3N6O2S2. The number of aromatic nitrogens is 6. The van der Waals surface area contributed by atoms with E-state index >= 15 is 0 Å². The van der Waals surface area contributed by atoms with Gasteiger partial charge in [0.25, 0.3) is 0 Å². The number of halogens is 3. The monoisotopic (exact) mass is 486 g/mol. The van der Waals surface area contributed by atoms with Crippen LogP contribution in [0.15, 0.2) is 29.6 Å². The largest absolute Gasteiger partial charge is 0.481 e. The topological polar surface area (TPSA) is 107 Å². The molecule has 29 heavy (non-hydrogen) atoms. The summed E-state index contributed by atoms with van der Waals surface area (Å²) >= 11 is 20.5. The molecule has 4 rings (SSSR count). The SMILES string of the molecule is O=C(O)CSc1cnc2nc(-c3cn(Cc4cc(Cl)c(Cl)c(Cl)c4)nn3)sc2n1. The molecule has 4 aromatic rings. The highest BCUT2D eigenvalue weighted by Gasteiger charge is 2.14. The van der Waals surface area contributed by atoms with Gasteiger partial charge in [0.05, 0.1) is 39.8 Å². The second-order valence-corrected chi connectivity index (χ2v) is 8.88. The Morgan fingerprint density at radius 1 is 1.21 bits per heavy atom. The first kappa shape index (κ1) is 20.3. The predicted molar refractivity (Wildman–Crippen MR) is 113 cm³/mol. The summed E-state index contributed by atoms with van der Waals surface area (Å²) in [5.41, 5.74) is 1.87. The number of thiazole rings is 1. The number of carboxylic acids is 1. The van der Waals surface area contributed by atoms with E-state index in [4.69, 9.17) is 39.9 Å². The third-order valence-electron chi connectivity index (χ3n) is 3.59. The van der Waals surface area contributed by atoms with Gasteiger partial charge in [-0.15, -0.1) is 5.10 Å². The van der Waals surface area contributed by atoms with Crippen molar-refractivity contribution in [1.82, 2.24) is 29.9 Å². The molecule has 0 bridgehead atoms. The van der Waals surface area contributed by atoms with Crippen LogP contribution in [0.4, 0.5) is 0 Å². The van der Waals surface area contributed by atoms with Crippen molar-refractivity contribution in [2.24, 2.45) is 0 Å². The number of carbonyl (C=O) groups is 1. The summed E-state index contributed by atoms with van der Waals surface area (Å²) in [4.78, 5) is 24.3. The number of thioether (sulfide) groups is 1. The fourth-order valence-corrected chi connectivity index (χ4v) is 4.48. The van der Waals surface area contributed by atoms with Crippen LogP contribution in [0.5, 0.6) is 0 Å². The molecule has 0 radical (unpaired) electrons. The molecule has 0 unspecified atom stereocenters. The lowest BCUT2D eigenvalue weighted by Gasteiger charge is -2.05. The second-order valence-electron chi connectivity index (χ2n) is 5.71. The van der Waals surface area contributed by atoms with Gasteiger partial charge in [-0.25, -0.2) is 19.6 Å². The molecule has 3 heterocycles. The summed E-state index contributed by atoms with van der Waals surface area (Å²) < 4.78 is 1.63. The van der Waals surface area contributed by atoms with Crippen LogP contribution in [-0.2, 0) is 11.3 Å². The Hall–Kier alpha value is -1.98. The van der Waals surface area contributed by atoms with Gasteiger partial charge in [0.2, 0.25) is 0 Å². The van der Waals surface area contributed by atoms with E-state index in [9.17, 15) is 4.79 Å². The van der Waals surface area contributed by atoms with E-state index in [1.54, 1.807) is 23.0 Å². The van der Waals surface area contributed by atoms with E-state index in [1.165, 1.54) is 17.5 Å². The summed E-state index contributed by atoms with van der Waals surface area (Å²) in [6.45, 7) is 0.404. The highest BCUT2D eigenvalue weighted by molar-refractivity contribution is 7.99. The van der Waals surface area contributed by atoms with Gasteiger partial charge >= 0.3 is 5.97 Å². The number of fused-ring (bicyclic) bond motifs is 1. The zero-order valence-corrected chi connectivity index (χ0v) is 18.1. The molecule has 1 N–H and O–H groups in total. The van der Waals surface area contributed by atoms with Crippen LogP contribution in [0.25, 0.3) is 21.2 Å². The maximum atomic E-state index is 10.7. The van der Waals surface area contributed by atoms with Crippen LogP contribution in [0.3, 0.4) is 0 Å². The first-order chi connectivity index (χ1) is 13.9. The summed E-state index contributed by atoms with van der Waals surface area (Å²) in [6, 6.07) is 3.44. The lowest BCUT2D eigenvalue weighted by molar-refractivity contribution is -0.133. The van der Waals surface area contributed by atoms with Gasteiger partial charge in [0.15, 0.2) is 10.5 Å². The highest BCUT2D eigenvalue weighted by atomic mass is 35.5. The van der Waals surface area contributed by atoms with Gasteiger partial charge in [-0.05, 0) is 17.7 Å². The molecule has 0 saturated heterocycles. The minimum atomic E-state index is -0.915. The normalized spacial score (nSPS) is 11.3. The maximum Gasteiger partial charge on any atom is 0.313 e. The third kappa shape index (κ3) is 4.62. The first-order valence-corrected chi connectivity index (χ1v) is 10.8. The lowest BCUT2D eigenvalue weighted by Crippen LogP contribution is -2.00. The van der Waals surface area contributed by atoms with Crippen LogP contribution in [0.1, 0.15) is 5.56 Å². The van der Waals surface area contributed by atoms with E-state index < -0.39 is 5.97 Å². The number of carboxylic acid groups (broad SMARTS) is 1. The molecule has 1 aromatic carbocycles. The second kappa shape index (κ2) is 8.41. The van der Waals surface area contributed by atoms with Crippen molar-refractivity contribution >= 4 is 74.3 Å². The molecule has 148 valence electrons. The van der Waals surface area contributed by atoms with Crippen molar-refractivity contribution in [3.63, 3.8) is 0 Å². The van der Waals surface area contributed by atoms with E-state index in [0.29, 0.717) is 47.8 Å². The van der Waals surface area contributed by atoms with Crippen LogP contribution in [0, 0.1) is 0 Å². The number of aliphatic carboxylic acids is 1. The Labute approximate surface area is 186 Å². The maximum absolute atomic E-state index is 10.7. The Morgan fingerprint density at radius 2 is 1.97 bits per heavy atom. The number of benzene rings is 1. The number of nitrogens with zero attached hydrogens (tertiary/aromatic N) is 6. The van der Waals surface area contributed by atoms with Gasteiger partial charge < -0.3 is 5.11 Å². The van der Waals surface area contributed by atoms with Gasteiger partial charge in [-0.3, -0.25) is 4.79 Å². The van der Waals surface area contributed by atoms with E-state index in [0.717, 1.165) is 17.3 Å². The van der Waals surface area contributed by atoms with Crippen molar-refractivity contribution in [2.75, 3.05) is 5.75 Å². The van der Waals surface area contributed by atoms with Gasteiger partial charge in [-0.1, -0.05) is 63.1 Å². The Bertz CT molecular complexity index is 1210. The van der Waals surface area contributed by atoms with E-state index in [2.05, 4.69) is 25.3 Å². The molecule has 0 atom stereocenters. The smallest absolute Gasteiger partial charge is 0.313 e. The average molecular weight is 488 g/mol. The molecular weight excluding hydrogens is 479 g/mol. The highest BCUT2D eigenvalue weighted by Crippen LogP contribution is 2.32. The average Bonchev–Trinajstić information content (AvgIpc) is 3.30.